The van der Waals surface area contributed by atoms with Gasteiger partial charge in [-0.1, -0.05) is 12.1 Å². The van der Waals surface area contributed by atoms with Crippen LogP contribution in [0.4, 0.5) is 24.5 Å². The van der Waals surface area contributed by atoms with E-state index < -0.39 is 17.6 Å². The number of Topliss-reactive ketones (excluding diaryl/α,β-unsaturated/α-hetero) is 1. The number of carbonyl (C=O) groups is 2. The Labute approximate surface area is 179 Å². The molecule has 1 fully saturated rings. The Hall–Kier alpha value is -2.87. The van der Waals surface area contributed by atoms with Gasteiger partial charge in [-0.15, -0.1) is 0 Å². The monoisotopic (exact) mass is 434 g/mol. The number of hydrogen-bond donors (Lipinski definition) is 1. The van der Waals surface area contributed by atoms with Gasteiger partial charge >= 0.3 is 6.18 Å². The van der Waals surface area contributed by atoms with E-state index in [-0.39, 0.29) is 24.3 Å². The van der Waals surface area contributed by atoms with Gasteiger partial charge in [-0.05, 0) is 49.2 Å². The van der Waals surface area contributed by atoms with Crippen molar-refractivity contribution in [2.45, 2.75) is 32.9 Å². The van der Waals surface area contributed by atoms with Gasteiger partial charge in [0.2, 0.25) is 5.91 Å². The molecule has 166 valence electrons. The number of ether oxygens (including phenoxy) is 1. The highest BCUT2D eigenvalue weighted by Crippen LogP contribution is 2.36. The number of halogens is 3. The van der Waals surface area contributed by atoms with Gasteiger partial charge in [-0.2, -0.15) is 13.2 Å². The molecule has 0 spiro atoms. The molecule has 1 N–H and O–H groups in total. The molecule has 1 heterocycles. The van der Waals surface area contributed by atoms with E-state index in [0.29, 0.717) is 37.6 Å². The summed E-state index contributed by atoms with van der Waals surface area (Å²) in [5.74, 6) is -0.693. The van der Waals surface area contributed by atoms with Crippen LogP contribution in [0, 0.1) is 13.8 Å². The second-order valence-corrected chi connectivity index (χ2v) is 7.60. The van der Waals surface area contributed by atoms with E-state index >= 15 is 0 Å². The Bertz CT molecular complexity index is 967. The van der Waals surface area contributed by atoms with Crippen LogP contribution in [0.2, 0.25) is 0 Å². The molecule has 1 aliphatic rings. The number of benzene rings is 2. The van der Waals surface area contributed by atoms with Crippen LogP contribution in [0.3, 0.4) is 0 Å². The number of hydrogen-bond acceptors (Lipinski definition) is 4. The highest BCUT2D eigenvalue weighted by molar-refractivity contribution is 6.01. The first kappa shape index (κ1) is 22.8. The molecule has 1 aliphatic heterocycles. The van der Waals surface area contributed by atoms with E-state index in [4.69, 9.17) is 4.74 Å². The van der Waals surface area contributed by atoms with Crippen LogP contribution < -0.4 is 10.2 Å². The Morgan fingerprint density at radius 1 is 1.00 bits per heavy atom. The van der Waals surface area contributed by atoms with Gasteiger partial charge in [0.1, 0.15) is 0 Å². The first-order valence-corrected chi connectivity index (χ1v) is 10.1. The van der Waals surface area contributed by atoms with Crippen LogP contribution in [0.1, 0.15) is 39.9 Å². The van der Waals surface area contributed by atoms with Crippen molar-refractivity contribution in [1.82, 2.24) is 0 Å². The topological polar surface area (TPSA) is 58.6 Å². The summed E-state index contributed by atoms with van der Waals surface area (Å²) in [7, 11) is 0. The number of anilines is 2. The van der Waals surface area contributed by atoms with Gasteiger partial charge in [-0.3, -0.25) is 9.59 Å². The van der Waals surface area contributed by atoms with Gasteiger partial charge in [0.25, 0.3) is 0 Å². The van der Waals surface area contributed by atoms with Crippen molar-refractivity contribution in [3.05, 3.63) is 58.7 Å². The van der Waals surface area contributed by atoms with Crippen LogP contribution in [-0.4, -0.2) is 38.0 Å². The molecule has 8 heteroatoms. The minimum Gasteiger partial charge on any atom is -0.378 e. The molecule has 2 aromatic carbocycles. The number of aryl methyl sites for hydroxylation is 2. The summed E-state index contributed by atoms with van der Waals surface area (Å²) < 4.78 is 44.9. The Balaban J connectivity index is 1.72. The van der Waals surface area contributed by atoms with Gasteiger partial charge in [0, 0.05) is 31.5 Å². The normalized spacial score (nSPS) is 14.4. The molecule has 0 unspecified atom stereocenters. The average Bonchev–Trinajstić information content (AvgIpc) is 2.74. The van der Waals surface area contributed by atoms with Crippen LogP contribution in [0.15, 0.2) is 36.4 Å². The number of carbonyl (C=O) groups excluding carboxylic acids is 2. The summed E-state index contributed by atoms with van der Waals surface area (Å²) in [6.07, 6.45) is -4.67. The molecule has 0 aromatic heterocycles. The lowest BCUT2D eigenvalue weighted by Gasteiger charge is -2.31. The van der Waals surface area contributed by atoms with Crippen molar-refractivity contribution in [2.75, 3.05) is 36.5 Å². The Morgan fingerprint density at radius 3 is 2.35 bits per heavy atom. The minimum atomic E-state index is -4.53. The zero-order chi connectivity index (χ0) is 22.6. The van der Waals surface area contributed by atoms with Gasteiger partial charge in [-0.25, -0.2) is 0 Å². The summed E-state index contributed by atoms with van der Waals surface area (Å²) in [5, 5.41) is 2.57. The molecule has 3 rings (SSSR count). The first-order chi connectivity index (χ1) is 14.6. The molecular formula is C23H25F3N2O3. The third kappa shape index (κ3) is 5.85. The summed E-state index contributed by atoms with van der Waals surface area (Å²) >= 11 is 0. The molecule has 0 saturated carbocycles. The summed E-state index contributed by atoms with van der Waals surface area (Å²) in [4.78, 5) is 26.8. The van der Waals surface area contributed by atoms with Crippen LogP contribution in [0.25, 0.3) is 0 Å². The molecule has 5 nitrogen and oxygen atoms in total. The fourth-order valence-corrected chi connectivity index (χ4v) is 3.39. The van der Waals surface area contributed by atoms with Crippen LogP contribution in [0.5, 0.6) is 0 Å². The standard InChI is InChI=1S/C23H25F3N2O3/c1-15-3-4-17(13-16(15)2)21(29)7-8-22(30)27-19-14-18(23(24,25)26)5-6-20(19)28-9-11-31-12-10-28/h3-6,13-14H,7-12H2,1-2H3,(H,27,30). The lowest BCUT2D eigenvalue weighted by molar-refractivity contribution is -0.137. The second-order valence-electron chi connectivity index (χ2n) is 7.60. The number of amides is 1. The van der Waals surface area contributed by atoms with Crippen LogP contribution >= 0.6 is 0 Å². The van der Waals surface area contributed by atoms with E-state index in [1.54, 1.807) is 12.1 Å². The van der Waals surface area contributed by atoms with Gasteiger partial charge in [0.05, 0.1) is 30.2 Å². The van der Waals surface area contributed by atoms with Crippen LogP contribution in [-0.2, 0) is 15.7 Å². The number of ketones is 1. The largest absolute Gasteiger partial charge is 0.416 e. The van der Waals surface area contributed by atoms with Gasteiger partial charge in [0.15, 0.2) is 5.78 Å². The van der Waals surface area contributed by atoms with E-state index in [1.165, 1.54) is 6.07 Å². The third-order valence-corrected chi connectivity index (χ3v) is 5.36. The molecule has 0 aliphatic carbocycles. The lowest BCUT2D eigenvalue weighted by Crippen LogP contribution is -2.36. The SMILES string of the molecule is Cc1ccc(C(=O)CCC(=O)Nc2cc(C(F)(F)F)ccc2N2CCOCC2)cc1C. The fraction of sp³-hybridized carbons (Fsp3) is 0.391. The molecule has 1 amide bonds. The predicted molar refractivity (Wildman–Crippen MR) is 113 cm³/mol. The Morgan fingerprint density at radius 2 is 1.71 bits per heavy atom. The van der Waals surface area contributed by atoms with Crippen molar-refractivity contribution < 1.29 is 27.5 Å². The van der Waals surface area contributed by atoms with Crippen molar-refractivity contribution in [3.8, 4) is 0 Å². The maximum absolute atomic E-state index is 13.2. The zero-order valence-corrected chi connectivity index (χ0v) is 17.5. The summed E-state index contributed by atoms with van der Waals surface area (Å²) in [6, 6.07) is 8.65. The maximum atomic E-state index is 13.2. The smallest absolute Gasteiger partial charge is 0.378 e. The number of nitrogens with zero attached hydrogens (tertiary/aromatic N) is 1. The minimum absolute atomic E-state index is 0.0276. The summed E-state index contributed by atoms with van der Waals surface area (Å²) in [6.45, 7) is 5.79. The fourth-order valence-electron chi connectivity index (χ4n) is 3.39. The molecule has 0 atom stereocenters. The number of rotatable bonds is 6. The maximum Gasteiger partial charge on any atom is 0.416 e. The Kier molecular flexibility index (Phi) is 7.00. The lowest BCUT2D eigenvalue weighted by atomic mass is 10.0. The van der Waals surface area contributed by atoms with E-state index in [1.807, 2.05) is 24.8 Å². The third-order valence-electron chi connectivity index (χ3n) is 5.36. The molecule has 31 heavy (non-hydrogen) atoms. The van der Waals surface area contributed by atoms with E-state index in [9.17, 15) is 22.8 Å². The predicted octanol–water partition coefficient (Wildman–Crippen LogP) is 4.76. The zero-order valence-electron chi connectivity index (χ0n) is 17.5. The molecule has 0 bridgehead atoms. The highest BCUT2D eigenvalue weighted by Gasteiger charge is 2.32. The van der Waals surface area contributed by atoms with E-state index in [0.717, 1.165) is 23.3 Å². The molecule has 1 saturated heterocycles. The van der Waals surface area contributed by atoms with Gasteiger partial charge < -0.3 is 15.0 Å². The van der Waals surface area contributed by atoms with Crippen molar-refractivity contribution in [2.24, 2.45) is 0 Å². The van der Waals surface area contributed by atoms with E-state index in [2.05, 4.69) is 5.32 Å². The average molecular weight is 434 g/mol. The van der Waals surface area contributed by atoms with Crippen molar-refractivity contribution >= 4 is 23.1 Å². The second kappa shape index (κ2) is 9.51. The van der Waals surface area contributed by atoms with Crippen molar-refractivity contribution in [3.63, 3.8) is 0 Å². The quantitative estimate of drug-likeness (QED) is 0.666. The number of morpholine rings is 1. The van der Waals surface area contributed by atoms with Crippen molar-refractivity contribution in [1.29, 1.82) is 0 Å². The molecular weight excluding hydrogens is 409 g/mol. The summed E-state index contributed by atoms with van der Waals surface area (Å²) in [5.41, 5.74) is 2.31. The molecule has 2 aromatic rings. The number of alkyl halides is 3. The first-order valence-electron chi connectivity index (χ1n) is 10.1. The number of nitrogens with one attached hydrogen (secondary N) is 1. The highest BCUT2D eigenvalue weighted by atomic mass is 19.4. The molecule has 0 radical (unpaired) electrons.